The number of rotatable bonds is 10. The number of thioether (sulfide) groups is 1. The van der Waals surface area contributed by atoms with E-state index < -0.39 is 29.0 Å². The largest absolute Gasteiger partial charge is 0.507 e. The molecule has 3 aromatic rings. The van der Waals surface area contributed by atoms with E-state index in [1.807, 2.05) is 35.1 Å². The van der Waals surface area contributed by atoms with Gasteiger partial charge in [0.2, 0.25) is 17.3 Å². The Labute approximate surface area is 258 Å². The Kier molecular flexibility index (Phi) is 8.75. The van der Waals surface area contributed by atoms with Gasteiger partial charge in [0.1, 0.15) is 22.1 Å². The molecule has 10 nitrogen and oxygen atoms in total. The number of carbonyl (C=O) groups excluding carboxylic acids is 3. The van der Waals surface area contributed by atoms with Gasteiger partial charge in [0.15, 0.2) is 17.3 Å². The van der Waals surface area contributed by atoms with Gasteiger partial charge in [0.05, 0.1) is 20.5 Å². The lowest BCUT2D eigenvalue weighted by molar-refractivity contribution is -0.121. The standard InChI is InChI=1S/C31H32ClN3O7S/c1-17-13-21(36)25(29(38)31(17)30(39)26-22(40-2)15-23(41-3)27(32)28(26)42-31)20(18-5-7-19(43-4)8-6-18)14-24(37)34-10-12-35-11-9-33-16-35/h5-9,11,15-17,20,38H,10,12-14H2,1-4H3,(H,34,37). The molecule has 3 unspecified atom stereocenters. The third-order valence-electron chi connectivity index (χ3n) is 8.02. The van der Waals surface area contributed by atoms with Crippen molar-refractivity contribution in [3.63, 3.8) is 0 Å². The monoisotopic (exact) mass is 625 g/mol. The van der Waals surface area contributed by atoms with Gasteiger partial charge in [-0.15, -0.1) is 11.8 Å². The van der Waals surface area contributed by atoms with Crippen molar-refractivity contribution in [2.24, 2.45) is 5.92 Å². The maximum atomic E-state index is 14.2. The maximum Gasteiger partial charge on any atom is 0.231 e. The van der Waals surface area contributed by atoms with Crippen molar-refractivity contribution in [2.75, 3.05) is 27.0 Å². The molecule has 0 saturated carbocycles. The summed E-state index contributed by atoms with van der Waals surface area (Å²) in [5.74, 6) is -3.01. The van der Waals surface area contributed by atoms with Crippen LogP contribution in [0.3, 0.4) is 0 Å². The number of aliphatic hydroxyl groups excluding tert-OH is 1. The van der Waals surface area contributed by atoms with Crippen LogP contribution in [0.2, 0.25) is 5.02 Å². The molecule has 5 rings (SSSR count). The minimum atomic E-state index is -1.94. The Balaban J connectivity index is 1.58. The minimum absolute atomic E-state index is 0.00749. The molecule has 2 heterocycles. The van der Waals surface area contributed by atoms with Gasteiger partial charge < -0.3 is 29.2 Å². The van der Waals surface area contributed by atoms with E-state index in [4.69, 9.17) is 25.8 Å². The van der Waals surface area contributed by atoms with Crippen LogP contribution in [-0.4, -0.2) is 64.8 Å². The van der Waals surface area contributed by atoms with Gasteiger partial charge in [-0.2, -0.15) is 0 Å². The summed E-state index contributed by atoms with van der Waals surface area (Å²) >= 11 is 8.12. The van der Waals surface area contributed by atoms with Crippen molar-refractivity contribution < 1.29 is 33.7 Å². The first-order chi connectivity index (χ1) is 20.7. The molecule has 0 bridgehead atoms. The number of aromatic nitrogens is 2. The van der Waals surface area contributed by atoms with E-state index in [-0.39, 0.29) is 57.9 Å². The number of allylic oxidation sites excluding steroid dienone is 1. The van der Waals surface area contributed by atoms with Crippen LogP contribution >= 0.6 is 23.4 Å². The van der Waals surface area contributed by atoms with Gasteiger partial charge in [0.25, 0.3) is 0 Å². The summed E-state index contributed by atoms with van der Waals surface area (Å²) in [4.78, 5) is 46.2. The normalized spacial score (nSPS) is 20.2. The summed E-state index contributed by atoms with van der Waals surface area (Å²) in [6, 6.07) is 8.90. The molecule has 226 valence electrons. The van der Waals surface area contributed by atoms with Crippen LogP contribution < -0.4 is 19.5 Å². The van der Waals surface area contributed by atoms with Gasteiger partial charge in [-0.25, -0.2) is 4.98 Å². The number of hydrogen-bond donors (Lipinski definition) is 2. The number of imidazole rings is 1. The quantitative estimate of drug-likeness (QED) is 0.299. The highest BCUT2D eigenvalue weighted by Gasteiger charge is 2.61. The van der Waals surface area contributed by atoms with E-state index in [1.54, 1.807) is 37.4 Å². The molecule has 0 fully saturated rings. The van der Waals surface area contributed by atoms with Crippen LogP contribution in [0.1, 0.15) is 41.6 Å². The molecule has 2 aromatic carbocycles. The SMILES string of the molecule is COc1cc(OC)c2c(c1Cl)OC1(C2=O)C(O)=C(C(CC(=O)NCCn2ccnc2)c2ccc(SC)cc2)C(=O)CC1C. The number of ketones is 2. The molecule has 43 heavy (non-hydrogen) atoms. The second-order valence-electron chi connectivity index (χ2n) is 10.4. The van der Waals surface area contributed by atoms with Crippen LogP contribution in [0.5, 0.6) is 17.2 Å². The van der Waals surface area contributed by atoms with Crippen LogP contribution in [0.4, 0.5) is 0 Å². The number of nitrogens with zero attached hydrogens (tertiary/aromatic N) is 2. The Bertz CT molecular complexity index is 1590. The van der Waals surface area contributed by atoms with Gasteiger partial charge in [-0.1, -0.05) is 30.7 Å². The van der Waals surface area contributed by atoms with E-state index in [0.29, 0.717) is 18.7 Å². The van der Waals surface area contributed by atoms with Gasteiger partial charge in [0, 0.05) is 66.7 Å². The topological polar surface area (TPSA) is 129 Å². The third-order valence-corrected chi connectivity index (χ3v) is 9.12. The molecule has 3 atom stereocenters. The summed E-state index contributed by atoms with van der Waals surface area (Å²) in [6.45, 7) is 2.51. The number of carbonyl (C=O) groups is 3. The summed E-state index contributed by atoms with van der Waals surface area (Å²) < 4.78 is 18.9. The van der Waals surface area contributed by atoms with Gasteiger partial charge in [-0.3, -0.25) is 14.4 Å². The summed E-state index contributed by atoms with van der Waals surface area (Å²) in [5.41, 5.74) is -1.28. The molecule has 0 radical (unpaired) electrons. The average molecular weight is 626 g/mol. The number of nitrogens with one attached hydrogen (secondary N) is 1. The highest BCUT2D eigenvalue weighted by atomic mass is 35.5. The van der Waals surface area contributed by atoms with Crippen molar-refractivity contribution in [1.29, 1.82) is 0 Å². The second-order valence-corrected chi connectivity index (χ2v) is 11.7. The predicted octanol–water partition coefficient (Wildman–Crippen LogP) is 5.00. The number of methoxy groups -OCH3 is 2. The maximum absolute atomic E-state index is 14.2. The molecule has 1 amide bonds. The average Bonchev–Trinajstić information content (AvgIpc) is 3.63. The molecule has 1 aromatic heterocycles. The summed E-state index contributed by atoms with van der Waals surface area (Å²) in [5, 5.41) is 14.9. The van der Waals surface area contributed by atoms with Crippen molar-refractivity contribution >= 4 is 40.8 Å². The fourth-order valence-corrected chi connectivity index (χ4v) is 6.44. The van der Waals surface area contributed by atoms with Gasteiger partial charge in [-0.05, 0) is 24.0 Å². The first-order valence-corrected chi connectivity index (χ1v) is 15.3. The van der Waals surface area contributed by atoms with E-state index >= 15 is 0 Å². The Hall–Kier alpha value is -3.96. The number of hydrogen-bond acceptors (Lipinski definition) is 9. The molecule has 1 spiro atoms. The lowest BCUT2D eigenvalue weighted by Gasteiger charge is -2.38. The Morgan fingerprint density at radius 3 is 2.60 bits per heavy atom. The number of Topliss-reactive ketones (excluding diaryl/α,β-unsaturated/α-hetero) is 2. The number of ether oxygens (including phenoxy) is 3. The van der Waals surface area contributed by atoms with E-state index in [0.717, 1.165) is 4.90 Å². The predicted molar refractivity (Wildman–Crippen MR) is 162 cm³/mol. The molecule has 2 N–H and O–H groups in total. The number of benzene rings is 2. The second kappa shape index (κ2) is 12.3. The molecule has 1 aliphatic carbocycles. The van der Waals surface area contributed by atoms with Crippen molar-refractivity contribution in [1.82, 2.24) is 14.9 Å². The first kappa shape index (κ1) is 30.5. The number of amides is 1. The van der Waals surface area contributed by atoms with E-state index in [9.17, 15) is 19.5 Å². The number of aliphatic hydroxyl groups is 1. The van der Waals surface area contributed by atoms with E-state index in [1.165, 1.54) is 20.3 Å². The first-order valence-electron chi connectivity index (χ1n) is 13.7. The highest BCUT2D eigenvalue weighted by Crippen LogP contribution is 2.55. The third kappa shape index (κ3) is 5.36. The molecular formula is C31H32ClN3O7S. The lowest BCUT2D eigenvalue weighted by atomic mass is 9.69. The minimum Gasteiger partial charge on any atom is -0.507 e. The van der Waals surface area contributed by atoms with Crippen molar-refractivity contribution in [3.8, 4) is 17.2 Å². The molecule has 12 heteroatoms. The zero-order valence-corrected chi connectivity index (χ0v) is 25.8. The number of halogens is 1. The fraction of sp³-hybridized carbons (Fsp3) is 0.355. The molecule has 2 aliphatic rings. The zero-order chi connectivity index (χ0) is 30.9. The summed E-state index contributed by atoms with van der Waals surface area (Å²) in [7, 11) is 2.82. The van der Waals surface area contributed by atoms with Crippen LogP contribution in [-0.2, 0) is 16.1 Å². The van der Waals surface area contributed by atoms with Crippen LogP contribution in [0, 0.1) is 5.92 Å². The van der Waals surface area contributed by atoms with Crippen LogP contribution in [0.15, 0.2) is 65.3 Å². The Morgan fingerprint density at radius 2 is 1.98 bits per heavy atom. The zero-order valence-electron chi connectivity index (χ0n) is 24.2. The molecule has 0 saturated heterocycles. The lowest BCUT2D eigenvalue weighted by Crippen LogP contribution is -2.53. The van der Waals surface area contributed by atoms with Crippen molar-refractivity contribution in [2.45, 2.75) is 42.7 Å². The Morgan fingerprint density at radius 1 is 1.26 bits per heavy atom. The number of fused-ring (bicyclic) bond motifs is 1. The van der Waals surface area contributed by atoms with Crippen LogP contribution in [0.25, 0.3) is 0 Å². The molecular weight excluding hydrogens is 594 g/mol. The smallest absolute Gasteiger partial charge is 0.231 e. The van der Waals surface area contributed by atoms with Gasteiger partial charge >= 0.3 is 0 Å². The van der Waals surface area contributed by atoms with Crippen molar-refractivity contribution in [3.05, 3.63) is 76.5 Å². The van der Waals surface area contributed by atoms with E-state index in [2.05, 4.69) is 10.3 Å². The summed E-state index contributed by atoms with van der Waals surface area (Å²) in [6.07, 6.45) is 6.80. The molecule has 1 aliphatic heterocycles. The highest BCUT2D eigenvalue weighted by molar-refractivity contribution is 7.98. The fourth-order valence-electron chi connectivity index (χ4n) is 5.76.